The molecule has 1 heterocycles. The van der Waals surface area contributed by atoms with Crippen LogP contribution in [0.3, 0.4) is 0 Å². The molecule has 126 valence electrons. The van der Waals surface area contributed by atoms with Crippen LogP contribution in [0.4, 0.5) is 20.2 Å². The van der Waals surface area contributed by atoms with Crippen molar-refractivity contribution in [2.24, 2.45) is 0 Å². The van der Waals surface area contributed by atoms with Gasteiger partial charge in [0.1, 0.15) is 11.6 Å². The molecule has 1 aromatic heterocycles. The standard InChI is InChI=1S/C16H10F2N4O3/c17-10-4-5-14(13(18)8-10)19-16(23)15-6-7-21(20-15)11-2-1-3-12(9-11)22(24)25/h1-9H,(H,19,23). The zero-order valence-corrected chi connectivity index (χ0v) is 12.5. The Hall–Kier alpha value is -3.62. The second-order valence-electron chi connectivity index (χ2n) is 5.00. The molecule has 25 heavy (non-hydrogen) atoms. The van der Waals surface area contributed by atoms with E-state index in [0.29, 0.717) is 11.8 Å². The summed E-state index contributed by atoms with van der Waals surface area (Å²) in [6.07, 6.45) is 1.44. The number of hydrogen-bond donors (Lipinski definition) is 1. The highest BCUT2D eigenvalue weighted by molar-refractivity contribution is 6.02. The quantitative estimate of drug-likeness (QED) is 0.581. The summed E-state index contributed by atoms with van der Waals surface area (Å²) < 4.78 is 27.7. The molecule has 1 amide bonds. The Morgan fingerprint density at radius 2 is 1.96 bits per heavy atom. The molecule has 0 unspecified atom stereocenters. The number of nitro groups is 1. The van der Waals surface area contributed by atoms with Gasteiger partial charge in [-0.15, -0.1) is 0 Å². The summed E-state index contributed by atoms with van der Waals surface area (Å²) in [6, 6.07) is 9.84. The molecular formula is C16H10F2N4O3. The van der Waals surface area contributed by atoms with Crippen molar-refractivity contribution in [1.29, 1.82) is 0 Å². The summed E-state index contributed by atoms with van der Waals surface area (Å²) in [5, 5.41) is 17.1. The van der Waals surface area contributed by atoms with Crippen molar-refractivity contribution in [3.8, 4) is 5.69 Å². The fourth-order valence-electron chi connectivity index (χ4n) is 2.12. The van der Waals surface area contributed by atoms with E-state index in [2.05, 4.69) is 10.4 Å². The Kier molecular flexibility index (Phi) is 4.21. The number of nitro benzene ring substituents is 1. The molecule has 0 saturated carbocycles. The predicted octanol–water partition coefficient (Wildman–Crippen LogP) is 3.31. The second-order valence-corrected chi connectivity index (χ2v) is 5.00. The normalized spacial score (nSPS) is 10.5. The smallest absolute Gasteiger partial charge is 0.276 e. The van der Waals surface area contributed by atoms with Crippen molar-refractivity contribution < 1.29 is 18.5 Å². The van der Waals surface area contributed by atoms with Gasteiger partial charge in [0.25, 0.3) is 11.6 Å². The Morgan fingerprint density at radius 1 is 1.16 bits per heavy atom. The van der Waals surface area contributed by atoms with Gasteiger partial charge in [-0.05, 0) is 24.3 Å². The maximum Gasteiger partial charge on any atom is 0.276 e. The van der Waals surface area contributed by atoms with Crippen molar-refractivity contribution >= 4 is 17.3 Å². The number of halogens is 2. The van der Waals surface area contributed by atoms with Gasteiger partial charge in [0.2, 0.25) is 0 Å². The third kappa shape index (κ3) is 3.50. The van der Waals surface area contributed by atoms with Crippen molar-refractivity contribution in [2.45, 2.75) is 0 Å². The molecule has 3 aromatic rings. The number of amides is 1. The SMILES string of the molecule is O=C(Nc1ccc(F)cc1F)c1ccn(-c2cccc([N+](=O)[O-])c2)n1. The first-order valence-corrected chi connectivity index (χ1v) is 7.01. The highest BCUT2D eigenvalue weighted by Crippen LogP contribution is 2.18. The lowest BCUT2D eigenvalue weighted by Crippen LogP contribution is -2.14. The van der Waals surface area contributed by atoms with E-state index in [0.717, 1.165) is 12.1 Å². The minimum Gasteiger partial charge on any atom is -0.318 e. The number of carbonyl (C=O) groups excluding carboxylic acids is 1. The molecule has 0 aliphatic rings. The summed E-state index contributed by atoms with van der Waals surface area (Å²) in [5.74, 6) is -2.37. The van der Waals surface area contributed by atoms with Gasteiger partial charge in [-0.1, -0.05) is 6.07 Å². The zero-order valence-electron chi connectivity index (χ0n) is 12.5. The van der Waals surface area contributed by atoms with Crippen molar-refractivity contribution in [3.63, 3.8) is 0 Å². The first-order chi connectivity index (χ1) is 11.9. The number of nitrogens with one attached hydrogen (secondary N) is 1. The summed E-state index contributed by atoms with van der Waals surface area (Å²) in [4.78, 5) is 22.4. The minimum absolute atomic E-state index is 0.0322. The monoisotopic (exact) mass is 344 g/mol. The molecule has 0 aliphatic heterocycles. The number of benzene rings is 2. The largest absolute Gasteiger partial charge is 0.318 e. The van der Waals surface area contributed by atoms with E-state index in [1.165, 1.54) is 35.1 Å². The number of hydrogen-bond acceptors (Lipinski definition) is 4. The number of anilines is 1. The molecule has 0 bridgehead atoms. The third-order valence-electron chi connectivity index (χ3n) is 3.31. The van der Waals surface area contributed by atoms with Crippen LogP contribution in [0.15, 0.2) is 54.7 Å². The first kappa shape index (κ1) is 16.2. The Balaban J connectivity index is 1.82. The molecule has 0 radical (unpaired) electrons. The lowest BCUT2D eigenvalue weighted by Gasteiger charge is -2.05. The summed E-state index contributed by atoms with van der Waals surface area (Å²) in [7, 11) is 0. The topological polar surface area (TPSA) is 90.1 Å². The van der Waals surface area contributed by atoms with Crippen LogP contribution in [-0.2, 0) is 0 Å². The van der Waals surface area contributed by atoms with Crippen LogP contribution < -0.4 is 5.32 Å². The lowest BCUT2D eigenvalue weighted by atomic mass is 10.3. The van der Waals surface area contributed by atoms with Gasteiger partial charge in [0.05, 0.1) is 16.3 Å². The maximum absolute atomic E-state index is 13.6. The van der Waals surface area contributed by atoms with Crippen LogP contribution >= 0.6 is 0 Å². The average molecular weight is 344 g/mol. The van der Waals surface area contributed by atoms with Gasteiger partial charge in [-0.25, -0.2) is 13.5 Å². The van der Waals surface area contributed by atoms with Gasteiger partial charge in [-0.2, -0.15) is 5.10 Å². The Morgan fingerprint density at radius 3 is 2.68 bits per heavy atom. The van der Waals surface area contributed by atoms with Gasteiger partial charge in [-0.3, -0.25) is 14.9 Å². The number of carbonyl (C=O) groups is 1. The molecule has 2 aromatic carbocycles. The second kappa shape index (κ2) is 6.48. The Bertz CT molecular complexity index is 972. The third-order valence-corrected chi connectivity index (χ3v) is 3.31. The van der Waals surface area contributed by atoms with Crippen LogP contribution in [-0.4, -0.2) is 20.6 Å². The van der Waals surface area contributed by atoms with Gasteiger partial charge >= 0.3 is 0 Å². The summed E-state index contributed by atoms with van der Waals surface area (Å²) in [6.45, 7) is 0. The van der Waals surface area contributed by atoms with Gasteiger partial charge in [0, 0.05) is 24.4 Å². The molecule has 1 N–H and O–H groups in total. The average Bonchev–Trinajstić information content (AvgIpc) is 3.07. The molecule has 0 aliphatic carbocycles. The zero-order chi connectivity index (χ0) is 18.0. The van der Waals surface area contributed by atoms with E-state index >= 15 is 0 Å². The van der Waals surface area contributed by atoms with Crippen molar-refractivity contribution in [3.05, 3.63) is 82.2 Å². The predicted molar refractivity (Wildman–Crippen MR) is 84.5 cm³/mol. The summed E-state index contributed by atoms with van der Waals surface area (Å²) in [5.41, 5.74) is 0.0557. The molecule has 0 spiro atoms. The molecule has 0 saturated heterocycles. The van der Waals surface area contributed by atoms with E-state index in [9.17, 15) is 23.7 Å². The van der Waals surface area contributed by atoms with Crippen LogP contribution in [0, 0.1) is 21.7 Å². The minimum atomic E-state index is -0.911. The van der Waals surface area contributed by atoms with Gasteiger partial charge < -0.3 is 5.32 Å². The number of rotatable bonds is 4. The van der Waals surface area contributed by atoms with E-state index < -0.39 is 22.5 Å². The van der Waals surface area contributed by atoms with Crippen molar-refractivity contribution in [1.82, 2.24) is 9.78 Å². The van der Waals surface area contributed by atoms with Gasteiger partial charge in [0.15, 0.2) is 5.69 Å². The van der Waals surface area contributed by atoms with E-state index in [1.54, 1.807) is 6.07 Å². The fraction of sp³-hybridized carbons (Fsp3) is 0. The number of non-ortho nitro benzene ring substituents is 1. The number of nitrogens with zero attached hydrogens (tertiary/aromatic N) is 3. The van der Waals surface area contributed by atoms with E-state index in [1.807, 2.05) is 0 Å². The molecule has 7 nitrogen and oxygen atoms in total. The lowest BCUT2D eigenvalue weighted by molar-refractivity contribution is -0.384. The molecule has 0 fully saturated rings. The van der Waals surface area contributed by atoms with Crippen LogP contribution in [0.5, 0.6) is 0 Å². The molecule has 9 heteroatoms. The van der Waals surface area contributed by atoms with E-state index in [-0.39, 0.29) is 17.1 Å². The first-order valence-electron chi connectivity index (χ1n) is 7.01. The number of aromatic nitrogens is 2. The van der Waals surface area contributed by atoms with Crippen molar-refractivity contribution in [2.75, 3.05) is 5.32 Å². The fourth-order valence-corrected chi connectivity index (χ4v) is 2.12. The van der Waals surface area contributed by atoms with Crippen LogP contribution in [0.2, 0.25) is 0 Å². The molecule has 3 rings (SSSR count). The van der Waals surface area contributed by atoms with Crippen LogP contribution in [0.25, 0.3) is 5.69 Å². The summed E-state index contributed by atoms with van der Waals surface area (Å²) >= 11 is 0. The molecular weight excluding hydrogens is 334 g/mol. The maximum atomic E-state index is 13.6. The Labute approximate surface area is 139 Å². The van der Waals surface area contributed by atoms with E-state index in [4.69, 9.17) is 0 Å². The highest BCUT2D eigenvalue weighted by Gasteiger charge is 2.14. The molecule has 0 atom stereocenters. The van der Waals surface area contributed by atoms with Crippen LogP contribution in [0.1, 0.15) is 10.5 Å². The highest BCUT2D eigenvalue weighted by atomic mass is 19.1.